The van der Waals surface area contributed by atoms with Gasteiger partial charge in [-0.1, -0.05) is 13.0 Å². The molecule has 14 heavy (non-hydrogen) atoms. The first-order chi connectivity index (χ1) is 6.72. The van der Waals surface area contributed by atoms with Gasteiger partial charge in [0, 0.05) is 0 Å². The highest BCUT2D eigenvalue weighted by molar-refractivity contribution is 9.10. The predicted molar refractivity (Wildman–Crippen MR) is 62.8 cm³/mol. The van der Waals surface area contributed by atoms with Crippen LogP contribution in [-0.4, -0.2) is 13.7 Å². The smallest absolute Gasteiger partial charge is 0.133 e. The number of halogens is 1. The molecule has 1 unspecified atom stereocenters. The topological polar surface area (TPSA) is 35.2 Å². The van der Waals surface area contributed by atoms with Gasteiger partial charge in [0.05, 0.1) is 11.6 Å². The normalized spacial score (nSPS) is 12.6. The number of nitrogens with two attached hydrogens (primary N) is 1. The second kappa shape index (κ2) is 5.37. The zero-order valence-corrected chi connectivity index (χ0v) is 10.2. The summed E-state index contributed by atoms with van der Waals surface area (Å²) in [5.74, 6) is 1.30. The molecule has 0 radical (unpaired) electrons. The molecule has 1 aromatic carbocycles. The van der Waals surface area contributed by atoms with Gasteiger partial charge >= 0.3 is 0 Å². The minimum Gasteiger partial charge on any atom is -0.496 e. The first-order valence-corrected chi connectivity index (χ1v) is 5.55. The van der Waals surface area contributed by atoms with Crippen molar-refractivity contribution >= 4 is 15.9 Å². The minimum atomic E-state index is 0.442. The van der Waals surface area contributed by atoms with Crippen molar-refractivity contribution < 1.29 is 4.74 Å². The molecule has 0 aliphatic rings. The van der Waals surface area contributed by atoms with Gasteiger partial charge in [-0.2, -0.15) is 0 Å². The maximum atomic E-state index is 5.69. The van der Waals surface area contributed by atoms with Gasteiger partial charge in [0.25, 0.3) is 0 Å². The fourth-order valence-electron chi connectivity index (χ4n) is 1.48. The van der Waals surface area contributed by atoms with E-state index < -0.39 is 0 Å². The zero-order chi connectivity index (χ0) is 10.6. The molecule has 0 saturated carbocycles. The first-order valence-electron chi connectivity index (χ1n) is 4.76. The van der Waals surface area contributed by atoms with Crippen molar-refractivity contribution in [3.8, 4) is 5.75 Å². The Hall–Kier alpha value is -0.540. The van der Waals surface area contributed by atoms with E-state index in [1.165, 1.54) is 5.56 Å². The van der Waals surface area contributed by atoms with Crippen LogP contribution in [0.3, 0.4) is 0 Å². The molecule has 0 aromatic heterocycles. The number of hydrogen-bond acceptors (Lipinski definition) is 2. The summed E-state index contributed by atoms with van der Waals surface area (Å²) in [5.41, 5.74) is 6.96. The molecule has 2 nitrogen and oxygen atoms in total. The fourth-order valence-corrected chi connectivity index (χ4v) is 2.03. The van der Waals surface area contributed by atoms with Crippen molar-refractivity contribution in [3.63, 3.8) is 0 Å². The van der Waals surface area contributed by atoms with E-state index in [4.69, 9.17) is 10.5 Å². The van der Waals surface area contributed by atoms with E-state index in [0.29, 0.717) is 12.5 Å². The lowest BCUT2D eigenvalue weighted by Crippen LogP contribution is -2.11. The molecule has 3 heteroatoms. The SMILES string of the molecule is CCC(CN)c1ccc(OC)c(Br)c1. The number of benzene rings is 1. The molecule has 1 atom stereocenters. The molecule has 1 aromatic rings. The molecule has 0 spiro atoms. The summed E-state index contributed by atoms with van der Waals surface area (Å²) in [6.07, 6.45) is 1.06. The Morgan fingerprint density at radius 3 is 2.64 bits per heavy atom. The van der Waals surface area contributed by atoms with E-state index in [-0.39, 0.29) is 0 Å². The van der Waals surface area contributed by atoms with E-state index in [1.807, 2.05) is 6.07 Å². The van der Waals surface area contributed by atoms with Crippen LogP contribution in [0.4, 0.5) is 0 Å². The number of methoxy groups -OCH3 is 1. The molecule has 0 aliphatic carbocycles. The Balaban J connectivity index is 2.95. The molecular formula is C11H16BrNO. The molecular weight excluding hydrogens is 242 g/mol. The predicted octanol–water partition coefficient (Wildman–Crippen LogP) is 2.91. The molecule has 0 saturated heterocycles. The van der Waals surface area contributed by atoms with Crippen LogP contribution in [0, 0.1) is 0 Å². The molecule has 0 aliphatic heterocycles. The highest BCUT2D eigenvalue weighted by Gasteiger charge is 2.09. The molecule has 0 bridgehead atoms. The summed E-state index contributed by atoms with van der Waals surface area (Å²) >= 11 is 3.47. The largest absolute Gasteiger partial charge is 0.496 e. The summed E-state index contributed by atoms with van der Waals surface area (Å²) in [4.78, 5) is 0. The van der Waals surface area contributed by atoms with Gasteiger partial charge < -0.3 is 10.5 Å². The monoisotopic (exact) mass is 257 g/mol. The Labute approximate surface area is 93.6 Å². The van der Waals surface area contributed by atoms with Crippen LogP contribution in [-0.2, 0) is 0 Å². The van der Waals surface area contributed by atoms with Gasteiger partial charge in [-0.05, 0) is 52.5 Å². The Morgan fingerprint density at radius 1 is 1.50 bits per heavy atom. The standard InChI is InChI=1S/C11H16BrNO/c1-3-8(7-13)9-4-5-11(14-2)10(12)6-9/h4-6,8H,3,7,13H2,1-2H3. The van der Waals surface area contributed by atoms with E-state index in [9.17, 15) is 0 Å². The molecule has 0 fully saturated rings. The number of rotatable bonds is 4. The molecule has 0 heterocycles. The Kier molecular flexibility index (Phi) is 4.42. The number of ether oxygens (including phenoxy) is 1. The van der Waals surface area contributed by atoms with Gasteiger partial charge in [-0.15, -0.1) is 0 Å². The van der Waals surface area contributed by atoms with Crippen molar-refractivity contribution in [2.45, 2.75) is 19.3 Å². The third-order valence-electron chi connectivity index (χ3n) is 2.42. The van der Waals surface area contributed by atoms with Gasteiger partial charge in [-0.25, -0.2) is 0 Å². The lowest BCUT2D eigenvalue weighted by atomic mass is 9.97. The molecule has 78 valence electrons. The summed E-state index contributed by atoms with van der Waals surface area (Å²) in [5, 5.41) is 0. The van der Waals surface area contributed by atoms with Gasteiger partial charge in [0.15, 0.2) is 0 Å². The second-order valence-electron chi connectivity index (χ2n) is 3.23. The maximum Gasteiger partial charge on any atom is 0.133 e. The molecule has 2 N–H and O–H groups in total. The number of hydrogen-bond donors (Lipinski definition) is 1. The van der Waals surface area contributed by atoms with E-state index in [0.717, 1.165) is 16.6 Å². The summed E-state index contributed by atoms with van der Waals surface area (Å²) < 4.78 is 6.16. The van der Waals surface area contributed by atoms with E-state index in [2.05, 4.69) is 35.0 Å². The zero-order valence-electron chi connectivity index (χ0n) is 8.59. The van der Waals surface area contributed by atoms with Crippen LogP contribution in [0.2, 0.25) is 0 Å². The van der Waals surface area contributed by atoms with Crippen LogP contribution in [0.25, 0.3) is 0 Å². The quantitative estimate of drug-likeness (QED) is 0.901. The lowest BCUT2D eigenvalue weighted by molar-refractivity contribution is 0.412. The highest BCUT2D eigenvalue weighted by Crippen LogP contribution is 2.29. The average Bonchev–Trinajstić information content (AvgIpc) is 2.20. The minimum absolute atomic E-state index is 0.442. The van der Waals surface area contributed by atoms with Gasteiger partial charge in [0.1, 0.15) is 5.75 Å². The van der Waals surface area contributed by atoms with Crippen molar-refractivity contribution in [2.75, 3.05) is 13.7 Å². The summed E-state index contributed by atoms with van der Waals surface area (Å²) in [6.45, 7) is 2.84. The first kappa shape index (κ1) is 11.5. The Bertz CT molecular complexity index is 297. The summed E-state index contributed by atoms with van der Waals surface area (Å²) in [6, 6.07) is 6.13. The van der Waals surface area contributed by atoms with Crippen molar-refractivity contribution in [2.24, 2.45) is 5.73 Å². The van der Waals surface area contributed by atoms with Crippen LogP contribution >= 0.6 is 15.9 Å². The van der Waals surface area contributed by atoms with Crippen molar-refractivity contribution in [1.29, 1.82) is 0 Å². The van der Waals surface area contributed by atoms with Gasteiger partial charge in [0.2, 0.25) is 0 Å². The van der Waals surface area contributed by atoms with E-state index >= 15 is 0 Å². The molecule has 1 rings (SSSR count). The van der Waals surface area contributed by atoms with Crippen LogP contribution in [0.15, 0.2) is 22.7 Å². The lowest BCUT2D eigenvalue weighted by Gasteiger charge is -2.14. The third kappa shape index (κ3) is 2.49. The second-order valence-corrected chi connectivity index (χ2v) is 4.09. The maximum absolute atomic E-state index is 5.69. The molecule has 0 amide bonds. The van der Waals surface area contributed by atoms with Crippen molar-refractivity contribution in [1.82, 2.24) is 0 Å². The fraction of sp³-hybridized carbons (Fsp3) is 0.455. The van der Waals surface area contributed by atoms with Gasteiger partial charge in [-0.3, -0.25) is 0 Å². The van der Waals surface area contributed by atoms with Crippen molar-refractivity contribution in [3.05, 3.63) is 28.2 Å². The Morgan fingerprint density at radius 2 is 2.21 bits per heavy atom. The third-order valence-corrected chi connectivity index (χ3v) is 3.04. The van der Waals surface area contributed by atoms with Crippen LogP contribution in [0.1, 0.15) is 24.8 Å². The average molecular weight is 258 g/mol. The van der Waals surface area contributed by atoms with Crippen LogP contribution < -0.4 is 10.5 Å². The van der Waals surface area contributed by atoms with Crippen LogP contribution in [0.5, 0.6) is 5.75 Å². The summed E-state index contributed by atoms with van der Waals surface area (Å²) in [7, 11) is 1.67. The highest BCUT2D eigenvalue weighted by atomic mass is 79.9. The van der Waals surface area contributed by atoms with E-state index in [1.54, 1.807) is 7.11 Å².